The Labute approximate surface area is 114 Å². The number of nitrogens with one attached hydrogen (secondary N) is 2. The molecule has 1 aliphatic rings. The Morgan fingerprint density at radius 1 is 1.17 bits per heavy atom. The van der Waals surface area contributed by atoms with Crippen LogP contribution < -0.4 is 15.4 Å². The minimum Gasteiger partial charge on any atom is -0.497 e. The second kappa shape index (κ2) is 6.59. The molecule has 2 rings (SSSR count). The van der Waals surface area contributed by atoms with E-state index >= 15 is 0 Å². The number of anilines is 1. The van der Waals surface area contributed by atoms with Crippen LogP contribution >= 0.6 is 12.2 Å². The van der Waals surface area contributed by atoms with E-state index in [1.54, 1.807) is 7.11 Å². The van der Waals surface area contributed by atoms with Crippen LogP contribution in [0.1, 0.15) is 32.1 Å². The molecule has 0 saturated heterocycles. The molecule has 0 aromatic heterocycles. The van der Waals surface area contributed by atoms with Gasteiger partial charge in [0.05, 0.1) is 7.11 Å². The number of methoxy groups -OCH3 is 1. The molecule has 1 saturated carbocycles. The second-order valence-electron chi connectivity index (χ2n) is 4.66. The molecule has 0 atom stereocenters. The van der Waals surface area contributed by atoms with Crippen LogP contribution in [0.25, 0.3) is 0 Å². The standard InChI is InChI=1S/C14H20N2OS/c1-17-13-9-7-12(8-10-13)16-14(18)15-11-5-3-2-4-6-11/h7-11H,2-6H2,1H3,(H2,15,16,18). The number of hydrogen-bond donors (Lipinski definition) is 2. The second-order valence-corrected chi connectivity index (χ2v) is 5.07. The first kappa shape index (κ1) is 13.1. The van der Waals surface area contributed by atoms with Crippen molar-refractivity contribution in [2.24, 2.45) is 0 Å². The Hall–Kier alpha value is -1.29. The summed E-state index contributed by atoms with van der Waals surface area (Å²) in [5.41, 5.74) is 0.990. The molecular formula is C14H20N2OS. The third kappa shape index (κ3) is 3.88. The molecule has 0 spiro atoms. The van der Waals surface area contributed by atoms with Gasteiger partial charge in [0.25, 0.3) is 0 Å². The highest BCUT2D eigenvalue weighted by molar-refractivity contribution is 7.80. The van der Waals surface area contributed by atoms with Crippen molar-refractivity contribution in [1.82, 2.24) is 5.32 Å². The van der Waals surface area contributed by atoms with Crippen LogP contribution in [0.3, 0.4) is 0 Å². The maximum absolute atomic E-state index is 5.32. The van der Waals surface area contributed by atoms with Crippen LogP contribution in [-0.4, -0.2) is 18.3 Å². The van der Waals surface area contributed by atoms with Gasteiger partial charge in [0, 0.05) is 11.7 Å². The molecule has 1 aliphatic carbocycles. The number of benzene rings is 1. The Morgan fingerprint density at radius 2 is 1.83 bits per heavy atom. The molecule has 0 unspecified atom stereocenters. The average molecular weight is 264 g/mol. The van der Waals surface area contributed by atoms with E-state index in [2.05, 4.69) is 10.6 Å². The van der Waals surface area contributed by atoms with Crippen LogP contribution in [0.5, 0.6) is 5.75 Å². The summed E-state index contributed by atoms with van der Waals surface area (Å²) in [6, 6.07) is 8.32. The third-order valence-corrected chi connectivity index (χ3v) is 3.51. The molecular weight excluding hydrogens is 244 g/mol. The molecule has 1 fully saturated rings. The van der Waals surface area contributed by atoms with E-state index in [0.717, 1.165) is 11.4 Å². The van der Waals surface area contributed by atoms with E-state index < -0.39 is 0 Å². The van der Waals surface area contributed by atoms with Crippen molar-refractivity contribution in [3.05, 3.63) is 24.3 Å². The highest BCUT2D eigenvalue weighted by atomic mass is 32.1. The first-order chi connectivity index (χ1) is 8.78. The molecule has 2 N–H and O–H groups in total. The summed E-state index contributed by atoms with van der Waals surface area (Å²) in [5.74, 6) is 0.853. The van der Waals surface area contributed by atoms with Gasteiger partial charge in [0.2, 0.25) is 0 Å². The van der Waals surface area contributed by atoms with Crippen molar-refractivity contribution < 1.29 is 4.74 Å². The van der Waals surface area contributed by atoms with Crippen molar-refractivity contribution in [1.29, 1.82) is 0 Å². The first-order valence-electron chi connectivity index (χ1n) is 6.49. The number of rotatable bonds is 3. The predicted molar refractivity (Wildman–Crippen MR) is 79.2 cm³/mol. The van der Waals surface area contributed by atoms with E-state index in [0.29, 0.717) is 11.2 Å². The lowest BCUT2D eigenvalue weighted by Gasteiger charge is -2.24. The highest BCUT2D eigenvalue weighted by Gasteiger charge is 2.13. The summed E-state index contributed by atoms with van der Waals surface area (Å²) in [6.45, 7) is 0. The molecule has 0 aliphatic heterocycles. The smallest absolute Gasteiger partial charge is 0.170 e. The van der Waals surface area contributed by atoms with E-state index in [9.17, 15) is 0 Å². The van der Waals surface area contributed by atoms with Gasteiger partial charge in [-0.25, -0.2) is 0 Å². The minimum atomic E-state index is 0.539. The third-order valence-electron chi connectivity index (χ3n) is 3.29. The lowest BCUT2D eigenvalue weighted by molar-refractivity contribution is 0.414. The lowest BCUT2D eigenvalue weighted by atomic mass is 9.96. The van der Waals surface area contributed by atoms with Crippen molar-refractivity contribution in [3.8, 4) is 5.75 Å². The van der Waals surface area contributed by atoms with Crippen LogP contribution in [0, 0.1) is 0 Å². The summed E-state index contributed by atoms with van der Waals surface area (Å²) >= 11 is 5.32. The molecule has 18 heavy (non-hydrogen) atoms. The fourth-order valence-corrected chi connectivity index (χ4v) is 2.56. The van der Waals surface area contributed by atoms with Gasteiger partial charge in [-0.15, -0.1) is 0 Å². The number of thiocarbonyl (C=S) groups is 1. The molecule has 0 radical (unpaired) electrons. The molecule has 0 amide bonds. The van der Waals surface area contributed by atoms with Gasteiger partial charge in [-0.1, -0.05) is 19.3 Å². The molecule has 4 heteroatoms. The monoisotopic (exact) mass is 264 g/mol. The molecule has 98 valence electrons. The minimum absolute atomic E-state index is 0.539. The van der Waals surface area contributed by atoms with Gasteiger partial charge in [0.15, 0.2) is 5.11 Å². The van der Waals surface area contributed by atoms with Gasteiger partial charge in [0.1, 0.15) is 5.75 Å². The summed E-state index contributed by atoms with van der Waals surface area (Å²) in [7, 11) is 1.66. The Balaban J connectivity index is 1.82. The highest BCUT2D eigenvalue weighted by Crippen LogP contribution is 2.18. The maximum atomic E-state index is 5.32. The van der Waals surface area contributed by atoms with Crippen LogP contribution in [0.15, 0.2) is 24.3 Å². The quantitative estimate of drug-likeness (QED) is 0.821. The Kier molecular flexibility index (Phi) is 4.81. The first-order valence-corrected chi connectivity index (χ1v) is 6.90. The topological polar surface area (TPSA) is 33.3 Å². The average Bonchev–Trinajstić information content (AvgIpc) is 2.40. The van der Waals surface area contributed by atoms with Gasteiger partial charge in [-0.3, -0.25) is 0 Å². The van der Waals surface area contributed by atoms with Crippen molar-refractivity contribution in [2.75, 3.05) is 12.4 Å². The van der Waals surface area contributed by atoms with Crippen molar-refractivity contribution in [2.45, 2.75) is 38.1 Å². The Morgan fingerprint density at radius 3 is 2.44 bits per heavy atom. The van der Waals surface area contributed by atoms with Crippen LogP contribution in [0.2, 0.25) is 0 Å². The fraction of sp³-hybridized carbons (Fsp3) is 0.500. The number of hydrogen-bond acceptors (Lipinski definition) is 2. The largest absolute Gasteiger partial charge is 0.497 e. The molecule has 3 nitrogen and oxygen atoms in total. The summed E-state index contributed by atoms with van der Waals surface area (Å²) in [4.78, 5) is 0. The zero-order valence-electron chi connectivity index (χ0n) is 10.7. The Bertz CT molecular complexity index is 385. The van der Waals surface area contributed by atoms with Gasteiger partial charge >= 0.3 is 0 Å². The molecule has 1 aromatic carbocycles. The van der Waals surface area contributed by atoms with E-state index in [1.807, 2.05) is 24.3 Å². The van der Waals surface area contributed by atoms with Gasteiger partial charge < -0.3 is 15.4 Å². The van der Waals surface area contributed by atoms with Crippen LogP contribution in [-0.2, 0) is 0 Å². The summed E-state index contributed by atoms with van der Waals surface area (Å²) in [5, 5.41) is 7.31. The molecule has 1 aromatic rings. The normalized spacial score (nSPS) is 16.1. The van der Waals surface area contributed by atoms with Crippen molar-refractivity contribution >= 4 is 23.0 Å². The van der Waals surface area contributed by atoms with Crippen LogP contribution in [0.4, 0.5) is 5.69 Å². The predicted octanol–water partition coefficient (Wildman–Crippen LogP) is 3.31. The van der Waals surface area contributed by atoms with E-state index in [1.165, 1.54) is 32.1 Å². The molecule has 0 heterocycles. The summed E-state index contributed by atoms with van der Waals surface area (Å²) in [6.07, 6.45) is 6.43. The van der Waals surface area contributed by atoms with E-state index in [-0.39, 0.29) is 0 Å². The van der Waals surface area contributed by atoms with Gasteiger partial charge in [-0.05, 0) is 49.3 Å². The zero-order chi connectivity index (χ0) is 12.8. The fourth-order valence-electron chi connectivity index (χ4n) is 2.27. The SMILES string of the molecule is COc1ccc(NC(=S)NC2CCCCC2)cc1. The van der Waals surface area contributed by atoms with E-state index in [4.69, 9.17) is 17.0 Å². The zero-order valence-corrected chi connectivity index (χ0v) is 11.6. The van der Waals surface area contributed by atoms with Crippen molar-refractivity contribution in [3.63, 3.8) is 0 Å². The maximum Gasteiger partial charge on any atom is 0.170 e. The lowest BCUT2D eigenvalue weighted by Crippen LogP contribution is -2.38. The van der Waals surface area contributed by atoms with Gasteiger partial charge in [-0.2, -0.15) is 0 Å². The summed E-state index contributed by atoms with van der Waals surface area (Å²) < 4.78 is 5.12. The number of ether oxygens (including phenoxy) is 1. The molecule has 0 bridgehead atoms.